The molecule has 1 fully saturated rings. The van der Waals surface area contributed by atoms with Crippen LogP contribution >= 0.6 is 0 Å². The van der Waals surface area contributed by atoms with E-state index in [4.69, 9.17) is 10.4 Å². The first-order chi connectivity index (χ1) is 8.95. The number of nitriles is 1. The molecule has 0 saturated heterocycles. The minimum Gasteiger partial charge on any atom is -0.381 e. The van der Waals surface area contributed by atoms with Gasteiger partial charge in [-0.2, -0.15) is 5.26 Å². The highest BCUT2D eigenvalue weighted by Gasteiger charge is 2.36. The highest BCUT2D eigenvalue weighted by molar-refractivity contribution is 7.89. The van der Waals surface area contributed by atoms with Gasteiger partial charge in [-0.05, 0) is 37.0 Å². The summed E-state index contributed by atoms with van der Waals surface area (Å²) in [5.74, 6) is 0.662. The zero-order chi connectivity index (χ0) is 14.0. The number of nitrogens with zero attached hydrogens (tertiary/aromatic N) is 1. The zero-order valence-electron chi connectivity index (χ0n) is 10.8. The van der Waals surface area contributed by atoms with E-state index in [2.05, 4.69) is 12.2 Å². The Hall–Kier alpha value is -1.58. The Morgan fingerprint density at radius 3 is 2.84 bits per heavy atom. The Balaban J connectivity index is 2.17. The number of hydrogen-bond acceptors (Lipinski definition) is 4. The monoisotopic (exact) mass is 279 g/mol. The summed E-state index contributed by atoms with van der Waals surface area (Å²) in [4.78, 5) is -0.0319. The molecule has 2 unspecified atom stereocenters. The fourth-order valence-electron chi connectivity index (χ4n) is 2.23. The third-order valence-corrected chi connectivity index (χ3v) is 4.27. The molecule has 1 saturated carbocycles. The highest BCUT2D eigenvalue weighted by Crippen LogP contribution is 2.38. The third-order valence-electron chi connectivity index (χ3n) is 3.36. The van der Waals surface area contributed by atoms with Gasteiger partial charge in [-0.15, -0.1) is 0 Å². The van der Waals surface area contributed by atoms with Gasteiger partial charge in [0.15, 0.2) is 0 Å². The number of hydrogen-bond donors (Lipinski definition) is 2. The number of anilines is 1. The number of rotatable bonds is 5. The van der Waals surface area contributed by atoms with Crippen LogP contribution in [0.2, 0.25) is 0 Å². The third kappa shape index (κ3) is 3.25. The fourth-order valence-corrected chi connectivity index (χ4v) is 2.77. The van der Waals surface area contributed by atoms with Gasteiger partial charge in [-0.25, -0.2) is 13.6 Å². The van der Waals surface area contributed by atoms with E-state index in [-0.39, 0.29) is 4.90 Å². The molecule has 1 aliphatic carbocycles. The van der Waals surface area contributed by atoms with Crippen LogP contribution in [0.3, 0.4) is 0 Å². The maximum atomic E-state index is 11.2. The van der Waals surface area contributed by atoms with Crippen molar-refractivity contribution in [1.82, 2.24) is 0 Å². The molecule has 0 bridgehead atoms. The van der Waals surface area contributed by atoms with Crippen molar-refractivity contribution in [2.75, 3.05) is 5.32 Å². The van der Waals surface area contributed by atoms with Gasteiger partial charge in [0.25, 0.3) is 0 Å². The molecular weight excluding hydrogens is 262 g/mol. The lowest BCUT2D eigenvalue weighted by molar-refractivity contribution is 0.598. The maximum Gasteiger partial charge on any atom is 0.238 e. The van der Waals surface area contributed by atoms with Crippen molar-refractivity contribution in [3.63, 3.8) is 0 Å². The maximum absolute atomic E-state index is 11.2. The molecule has 0 aromatic heterocycles. The Bertz CT molecular complexity index is 619. The SMILES string of the molecule is CCCC1CC1Nc1ccc(S(N)(=O)=O)cc1C#N. The molecule has 6 heteroatoms. The molecule has 0 heterocycles. The molecule has 0 amide bonds. The number of nitrogens with one attached hydrogen (secondary N) is 1. The van der Waals surface area contributed by atoms with Crippen molar-refractivity contribution in [2.24, 2.45) is 11.1 Å². The summed E-state index contributed by atoms with van der Waals surface area (Å²) < 4.78 is 22.5. The number of benzene rings is 1. The minimum absolute atomic E-state index is 0.0319. The van der Waals surface area contributed by atoms with Gasteiger partial charge < -0.3 is 5.32 Å². The van der Waals surface area contributed by atoms with Gasteiger partial charge in [0.05, 0.1) is 16.1 Å². The molecule has 1 aromatic rings. The van der Waals surface area contributed by atoms with Crippen LogP contribution in [-0.4, -0.2) is 14.5 Å². The van der Waals surface area contributed by atoms with Crippen LogP contribution in [-0.2, 0) is 10.0 Å². The largest absolute Gasteiger partial charge is 0.381 e. The molecule has 2 atom stereocenters. The van der Waals surface area contributed by atoms with E-state index >= 15 is 0 Å². The molecule has 2 rings (SSSR count). The van der Waals surface area contributed by atoms with E-state index in [1.807, 2.05) is 6.07 Å². The van der Waals surface area contributed by atoms with Gasteiger partial charge in [0, 0.05) is 6.04 Å². The summed E-state index contributed by atoms with van der Waals surface area (Å²) in [7, 11) is -3.76. The smallest absolute Gasteiger partial charge is 0.238 e. The second kappa shape index (κ2) is 5.19. The van der Waals surface area contributed by atoms with Gasteiger partial charge in [-0.3, -0.25) is 0 Å². The summed E-state index contributed by atoms with van der Waals surface area (Å²) in [6.07, 6.45) is 3.43. The van der Waals surface area contributed by atoms with Crippen molar-refractivity contribution in [2.45, 2.75) is 37.1 Å². The van der Waals surface area contributed by atoms with Crippen molar-refractivity contribution >= 4 is 15.7 Å². The van der Waals surface area contributed by atoms with Crippen LogP contribution in [0.1, 0.15) is 31.7 Å². The lowest BCUT2D eigenvalue weighted by atomic mass is 10.2. The van der Waals surface area contributed by atoms with Crippen LogP contribution in [0, 0.1) is 17.2 Å². The van der Waals surface area contributed by atoms with E-state index in [1.54, 1.807) is 6.07 Å². The molecule has 0 aliphatic heterocycles. The number of primary sulfonamides is 1. The second-order valence-corrected chi connectivity index (χ2v) is 6.46. The highest BCUT2D eigenvalue weighted by atomic mass is 32.2. The first-order valence-corrected chi connectivity index (χ1v) is 7.83. The average molecular weight is 279 g/mol. The van der Waals surface area contributed by atoms with Crippen molar-refractivity contribution in [3.8, 4) is 6.07 Å². The molecule has 1 aromatic carbocycles. The molecule has 102 valence electrons. The van der Waals surface area contributed by atoms with Gasteiger partial charge >= 0.3 is 0 Å². The molecule has 1 aliphatic rings. The molecule has 3 N–H and O–H groups in total. The van der Waals surface area contributed by atoms with E-state index < -0.39 is 10.0 Å². The number of sulfonamides is 1. The van der Waals surface area contributed by atoms with Crippen molar-refractivity contribution < 1.29 is 8.42 Å². The van der Waals surface area contributed by atoms with E-state index in [0.29, 0.717) is 23.2 Å². The summed E-state index contributed by atoms with van der Waals surface area (Å²) >= 11 is 0. The Morgan fingerprint density at radius 2 is 2.26 bits per heavy atom. The first-order valence-electron chi connectivity index (χ1n) is 6.29. The summed E-state index contributed by atoms with van der Waals surface area (Å²) in [5, 5.41) is 17.4. The second-order valence-electron chi connectivity index (χ2n) is 4.90. The zero-order valence-corrected chi connectivity index (χ0v) is 11.6. The van der Waals surface area contributed by atoms with E-state index in [0.717, 1.165) is 12.8 Å². The molecule has 5 nitrogen and oxygen atoms in total. The fraction of sp³-hybridized carbons (Fsp3) is 0.462. The standard InChI is InChI=1S/C13H17N3O2S/c1-2-3-9-7-13(9)16-12-5-4-11(19(15,17)18)6-10(12)8-14/h4-6,9,13,16H,2-3,7H2,1H3,(H2,15,17,18). The van der Waals surface area contributed by atoms with Gasteiger partial charge in [-0.1, -0.05) is 13.3 Å². The summed E-state index contributed by atoms with van der Waals surface area (Å²) in [6, 6.07) is 6.75. The first kappa shape index (κ1) is 13.8. The molecule has 0 spiro atoms. The predicted molar refractivity (Wildman–Crippen MR) is 73.0 cm³/mol. The van der Waals surface area contributed by atoms with Crippen LogP contribution in [0.15, 0.2) is 23.1 Å². The average Bonchev–Trinajstić information content (AvgIpc) is 3.07. The van der Waals surface area contributed by atoms with Crippen LogP contribution in [0.4, 0.5) is 5.69 Å². The van der Waals surface area contributed by atoms with Crippen molar-refractivity contribution in [3.05, 3.63) is 23.8 Å². The molecule has 0 radical (unpaired) electrons. The van der Waals surface area contributed by atoms with E-state index in [1.165, 1.54) is 18.6 Å². The normalized spacial score (nSPS) is 21.7. The minimum atomic E-state index is -3.76. The lowest BCUT2D eigenvalue weighted by Crippen LogP contribution is -2.13. The summed E-state index contributed by atoms with van der Waals surface area (Å²) in [5.41, 5.74) is 0.993. The topological polar surface area (TPSA) is 96.0 Å². The van der Waals surface area contributed by atoms with Crippen LogP contribution < -0.4 is 10.5 Å². The Labute approximate surface area is 113 Å². The molecular formula is C13H17N3O2S. The Kier molecular flexibility index (Phi) is 3.78. The van der Waals surface area contributed by atoms with Crippen molar-refractivity contribution in [1.29, 1.82) is 5.26 Å². The van der Waals surface area contributed by atoms with E-state index in [9.17, 15) is 8.42 Å². The lowest BCUT2D eigenvalue weighted by Gasteiger charge is -2.09. The number of nitrogens with two attached hydrogens (primary N) is 1. The summed E-state index contributed by atoms with van der Waals surface area (Å²) in [6.45, 7) is 2.15. The van der Waals surface area contributed by atoms with Crippen LogP contribution in [0.5, 0.6) is 0 Å². The van der Waals surface area contributed by atoms with Crippen LogP contribution in [0.25, 0.3) is 0 Å². The molecule has 19 heavy (non-hydrogen) atoms. The predicted octanol–water partition coefficient (Wildman–Crippen LogP) is 1.81. The quantitative estimate of drug-likeness (QED) is 0.859. The van der Waals surface area contributed by atoms with Gasteiger partial charge in [0.1, 0.15) is 6.07 Å². The van der Waals surface area contributed by atoms with Gasteiger partial charge in [0.2, 0.25) is 10.0 Å². The Morgan fingerprint density at radius 1 is 1.53 bits per heavy atom.